The molecular formula is C16H14N2O4S. The third-order valence-electron chi connectivity index (χ3n) is 3.68. The van der Waals surface area contributed by atoms with Gasteiger partial charge in [-0.25, -0.2) is 8.42 Å². The molecule has 1 N–H and O–H groups in total. The highest BCUT2D eigenvalue weighted by Gasteiger charge is 2.47. The quantitative estimate of drug-likeness (QED) is 0.845. The molecule has 1 aliphatic heterocycles. The summed E-state index contributed by atoms with van der Waals surface area (Å²) in [6.45, 7) is 0. The predicted molar refractivity (Wildman–Crippen MR) is 85.9 cm³/mol. The van der Waals surface area contributed by atoms with Gasteiger partial charge in [0, 0.05) is 12.7 Å². The Hall–Kier alpha value is -2.67. The van der Waals surface area contributed by atoms with E-state index < -0.39 is 26.9 Å². The molecule has 2 amide bonds. The summed E-state index contributed by atoms with van der Waals surface area (Å²) in [5, 5.41) is 0.694. The molecule has 0 fully saturated rings. The zero-order valence-electron chi connectivity index (χ0n) is 12.3. The molecule has 7 heteroatoms. The van der Waals surface area contributed by atoms with Gasteiger partial charge in [0.05, 0.1) is 10.6 Å². The number of amides is 2. The van der Waals surface area contributed by atoms with Crippen LogP contribution in [0.4, 0.5) is 11.4 Å². The molecule has 0 unspecified atom stereocenters. The van der Waals surface area contributed by atoms with Crippen molar-refractivity contribution in [2.45, 2.75) is 10.1 Å². The second kappa shape index (κ2) is 5.51. The minimum absolute atomic E-state index is 0.0182. The fraction of sp³-hybridized carbons (Fsp3) is 0.125. The summed E-state index contributed by atoms with van der Waals surface area (Å²) in [6, 6.07) is 14.6. The van der Waals surface area contributed by atoms with E-state index in [0.717, 1.165) is 0 Å². The number of hydrogen-bond acceptors (Lipinski definition) is 4. The van der Waals surface area contributed by atoms with E-state index in [1.165, 1.54) is 24.1 Å². The Morgan fingerprint density at radius 2 is 1.65 bits per heavy atom. The highest BCUT2D eigenvalue weighted by atomic mass is 32.2. The Labute approximate surface area is 133 Å². The van der Waals surface area contributed by atoms with E-state index >= 15 is 0 Å². The van der Waals surface area contributed by atoms with Crippen LogP contribution in [0.25, 0.3) is 0 Å². The first-order chi connectivity index (χ1) is 10.9. The maximum atomic E-state index is 12.7. The van der Waals surface area contributed by atoms with Gasteiger partial charge < -0.3 is 10.2 Å². The van der Waals surface area contributed by atoms with Crippen molar-refractivity contribution in [2.75, 3.05) is 17.3 Å². The Balaban J connectivity index is 2.03. The second-order valence-electron chi connectivity index (χ2n) is 5.15. The first-order valence-corrected chi connectivity index (χ1v) is 8.44. The van der Waals surface area contributed by atoms with Gasteiger partial charge in [-0.1, -0.05) is 30.3 Å². The van der Waals surface area contributed by atoms with Crippen LogP contribution in [0.3, 0.4) is 0 Å². The van der Waals surface area contributed by atoms with Gasteiger partial charge >= 0.3 is 0 Å². The largest absolute Gasteiger partial charge is 0.324 e. The molecule has 1 heterocycles. The van der Waals surface area contributed by atoms with Gasteiger partial charge in [0.25, 0.3) is 11.8 Å². The molecule has 23 heavy (non-hydrogen) atoms. The fourth-order valence-electron chi connectivity index (χ4n) is 2.51. The summed E-state index contributed by atoms with van der Waals surface area (Å²) >= 11 is 0. The van der Waals surface area contributed by atoms with E-state index in [1.54, 1.807) is 42.5 Å². The topological polar surface area (TPSA) is 83.6 Å². The Morgan fingerprint density at radius 3 is 2.35 bits per heavy atom. The second-order valence-corrected chi connectivity index (χ2v) is 7.15. The van der Waals surface area contributed by atoms with Gasteiger partial charge in [-0.15, -0.1) is 0 Å². The lowest BCUT2D eigenvalue weighted by molar-refractivity contribution is -0.124. The average Bonchev–Trinajstić information content (AvgIpc) is 2.54. The molecule has 0 bridgehead atoms. The standard InChI is InChI=1S/C16H14N2O4S/c1-18-12-9-5-6-10-13(12)23(21,22)14(16(18)20)15(19)17-11-7-3-2-4-8-11/h2-10,14H,1H3,(H,17,19)/t14-/m1/s1. The maximum Gasteiger partial charge on any atom is 0.255 e. The van der Waals surface area contributed by atoms with Crippen LogP contribution in [-0.2, 0) is 19.4 Å². The molecule has 0 radical (unpaired) electrons. The monoisotopic (exact) mass is 330 g/mol. The molecule has 0 aliphatic carbocycles. The molecule has 118 valence electrons. The van der Waals surface area contributed by atoms with Gasteiger partial charge in [0.15, 0.2) is 0 Å². The smallest absolute Gasteiger partial charge is 0.255 e. The van der Waals surface area contributed by atoms with Crippen molar-refractivity contribution < 1.29 is 18.0 Å². The summed E-state index contributed by atoms with van der Waals surface area (Å²) in [5.41, 5.74) is 0.711. The van der Waals surface area contributed by atoms with Gasteiger partial charge in [-0.2, -0.15) is 0 Å². The van der Waals surface area contributed by atoms with Crippen LogP contribution in [0.1, 0.15) is 0 Å². The number of nitrogens with one attached hydrogen (secondary N) is 1. The fourth-order valence-corrected chi connectivity index (χ4v) is 4.29. The number of carbonyl (C=O) groups is 2. The number of carbonyl (C=O) groups excluding carboxylic acids is 2. The highest BCUT2D eigenvalue weighted by Crippen LogP contribution is 2.33. The first kappa shape index (κ1) is 15.2. The van der Waals surface area contributed by atoms with Crippen LogP contribution in [0.2, 0.25) is 0 Å². The number of rotatable bonds is 2. The normalized spacial score (nSPS) is 19.1. The lowest BCUT2D eigenvalue weighted by Crippen LogP contribution is -2.51. The lowest BCUT2D eigenvalue weighted by atomic mass is 10.2. The molecular weight excluding hydrogens is 316 g/mol. The van der Waals surface area contributed by atoms with Crippen molar-refractivity contribution in [1.29, 1.82) is 0 Å². The number of hydrogen-bond donors (Lipinski definition) is 1. The van der Waals surface area contributed by atoms with Crippen molar-refractivity contribution in [3.63, 3.8) is 0 Å². The number of anilines is 2. The number of sulfone groups is 1. The van der Waals surface area contributed by atoms with Gasteiger partial charge in [0.1, 0.15) is 0 Å². The third-order valence-corrected chi connectivity index (χ3v) is 5.67. The Morgan fingerprint density at radius 1 is 1.04 bits per heavy atom. The third kappa shape index (κ3) is 2.49. The van der Waals surface area contributed by atoms with E-state index in [2.05, 4.69) is 5.32 Å². The van der Waals surface area contributed by atoms with Crippen molar-refractivity contribution in [2.24, 2.45) is 0 Å². The number of nitrogens with zero attached hydrogens (tertiary/aromatic N) is 1. The SMILES string of the molecule is CN1C(=O)[C@@H](C(=O)Nc2ccccc2)S(=O)(=O)c2ccccc21. The Bertz CT molecular complexity index is 878. The predicted octanol–water partition coefficient (Wildman–Crippen LogP) is 1.44. The zero-order chi connectivity index (χ0) is 16.6. The van der Waals surface area contributed by atoms with E-state index in [4.69, 9.17) is 0 Å². The molecule has 1 atom stereocenters. The van der Waals surface area contributed by atoms with Crippen LogP contribution in [0.5, 0.6) is 0 Å². The van der Waals surface area contributed by atoms with E-state index in [-0.39, 0.29) is 10.6 Å². The zero-order valence-corrected chi connectivity index (χ0v) is 13.1. The summed E-state index contributed by atoms with van der Waals surface area (Å²) < 4.78 is 25.4. The van der Waals surface area contributed by atoms with Crippen LogP contribution in [0.15, 0.2) is 59.5 Å². The first-order valence-electron chi connectivity index (χ1n) is 6.89. The molecule has 2 aromatic carbocycles. The number of para-hydroxylation sites is 2. The molecule has 6 nitrogen and oxygen atoms in total. The summed E-state index contributed by atoms with van der Waals surface area (Å²) in [4.78, 5) is 26.0. The minimum Gasteiger partial charge on any atom is -0.324 e. The minimum atomic E-state index is -4.09. The van der Waals surface area contributed by atoms with Crippen molar-refractivity contribution in [3.05, 3.63) is 54.6 Å². The molecule has 0 aromatic heterocycles. The molecule has 2 aromatic rings. The summed E-state index contributed by atoms with van der Waals surface area (Å²) in [5.74, 6) is -1.63. The van der Waals surface area contributed by atoms with E-state index in [9.17, 15) is 18.0 Å². The van der Waals surface area contributed by atoms with E-state index in [0.29, 0.717) is 5.69 Å². The average molecular weight is 330 g/mol. The lowest BCUT2D eigenvalue weighted by Gasteiger charge is -2.30. The van der Waals surface area contributed by atoms with Crippen molar-refractivity contribution in [1.82, 2.24) is 0 Å². The maximum absolute atomic E-state index is 12.7. The van der Waals surface area contributed by atoms with E-state index in [1.807, 2.05) is 0 Å². The Kier molecular flexibility index (Phi) is 3.65. The van der Waals surface area contributed by atoms with Crippen LogP contribution in [0, 0.1) is 0 Å². The molecule has 0 saturated carbocycles. The molecule has 3 rings (SSSR count). The summed E-state index contributed by atoms with van der Waals surface area (Å²) in [6.07, 6.45) is 0. The summed E-state index contributed by atoms with van der Waals surface area (Å²) in [7, 11) is -2.63. The number of benzene rings is 2. The van der Waals surface area contributed by atoms with Crippen LogP contribution < -0.4 is 10.2 Å². The number of fused-ring (bicyclic) bond motifs is 1. The highest BCUT2D eigenvalue weighted by molar-refractivity contribution is 7.94. The van der Waals surface area contributed by atoms with Crippen molar-refractivity contribution >= 4 is 33.0 Å². The van der Waals surface area contributed by atoms with Gasteiger partial charge in [-0.05, 0) is 24.3 Å². The van der Waals surface area contributed by atoms with Gasteiger partial charge in [-0.3, -0.25) is 9.59 Å². The molecule has 0 saturated heterocycles. The molecule has 0 spiro atoms. The van der Waals surface area contributed by atoms with Crippen molar-refractivity contribution in [3.8, 4) is 0 Å². The molecule has 1 aliphatic rings. The van der Waals surface area contributed by atoms with Crippen LogP contribution >= 0.6 is 0 Å². The van der Waals surface area contributed by atoms with Crippen LogP contribution in [-0.4, -0.2) is 32.5 Å². The van der Waals surface area contributed by atoms with Gasteiger partial charge in [0.2, 0.25) is 15.1 Å².